The van der Waals surface area contributed by atoms with Crippen LogP contribution in [0.25, 0.3) is 0 Å². The van der Waals surface area contributed by atoms with Crippen molar-refractivity contribution in [2.24, 2.45) is 22.7 Å². The topological polar surface area (TPSA) is 40.6 Å². The van der Waals surface area contributed by atoms with Crippen LogP contribution in [-0.2, 0) is 9.59 Å². The maximum atomic E-state index is 13.7. The van der Waals surface area contributed by atoms with E-state index in [0.29, 0.717) is 17.4 Å². The smallest absolute Gasteiger partial charge is 0.246 e. The minimum atomic E-state index is -0.238. The Bertz CT molecular complexity index is 630. The second-order valence-corrected chi connectivity index (χ2v) is 12.3. The lowest BCUT2D eigenvalue weighted by Gasteiger charge is -2.39. The molecular formula is C22H36N2O2S. The molecule has 5 heteroatoms. The number of thioether (sulfide) groups is 1. The SMILES string of the molecule is CC(C)CC1SCC(C(=O)N2CC3(C)CC2CC(C)(C)C3)N1C(=O)C1CC1. The van der Waals surface area contributed by atoms with Crippen molar-refractivity contribution in [1.29, 1.82) is 0 Å². The third-order valence-electron chi connectivity index (χ3n) is 6.93. The van der Waals surface area contributed by atoms with Gasteiger partial charge in [-0.05, 0) is 55.3 Å². The quantitative estimate of drug-likeness (QED) is 0.722. The lowest BCUT2D eigenvalue weighted by molar-refractivity contribution is -0.146. The molecule has 2 amide bonds. The van der Waals surface area contributed by atoms with E-state index in [1.807, 2.05) is 16.7 Å². The number of nitrogens with zero attached hydrogens (tertiary/aromatic N) is 2. The van der Waals surface area contributed by atoms with Gasteiger partial charge in [0.2, 0.25) is 11.8 Å². The summed E-state index contributed by atoms with van der Waals surface area (Å²) in [4.78, 5) is 30.9. The summed E-state index contributed by atoms with van der Waals surface area (Å²) in [6.07, 6.45) is 6.43. The van der Waals surface area contributed by atoms with Gasteiger partial charge in [0, 0.05) is 24.3 Å². The Kier molecular flexibility index (Phi) is 4.84. The molecule has 0 aromatic heterocycles. The number of carbonyl (C=O) groups is 2. The first-order valence-corrected chi connectivity index (χ1v) is 11.9. The molecule has 27 heavy (non-hydrogen) atoms. The van der Waals surface area contributed by atoms with Gasteiger partial charge >= 0.3 is 0 Å². The Labute approximate surface area is 168 Å². The molecule has 2 saturated carbocycles. The standard InChI is InChI=1S/C22H36N2O2S/c1-14(2)8-18-24(19(25)15-6-7-15)17(11-27-18)20(26)23-13-22(5)10-16(23)9-21(3,4)12-22/h14-18H,6-13H2,1-5H3. The second-order valence-electron chi connectivity index (χ2n) is 11.1. The number of hydrogen-bond acceptors (Lipinski definition) is 3. The monoisotopic (exact) mass is 392 g/mol. The molecule has 0 spiro atoms. The summed E-state index contributed by atoms with van der Waals surface area (Å²) < 4.78 is 0. The summed E-state index contributed by atoms with van der Waals surface area (Å²) >= 11 is 1.83. The van der Waals surface area contributed by atoms with E-state index in [9.17, 15) is 9.59 Å². The molecule has 4 atom stereocenters. The maximum absolute atomic E-state index is 13.7. The van der Waals surface area contributed by atoms with Crippen LogP contribution in [0.1, 0.15) is 73.1 Å². The Morgan fingerprint density at radius 2 is 1.81 bits per heavy atom. The molecule has 152 valence electrons. The molecule has 2 bridgehead atoms. The van der Waals surface area contributed by atoms with Crippen LogP contribution in [0.5, 0.6) is 0 Å². The minimum Gasteiger partial charge on any atom is -0.337 e. The van der Waals surface area contributed by atoms with Crippen LogP contribution in [0.2, 0.25) is 0 Å². The van der Waals surface area contributed by atoms with Crippen LogP contribution in [0.15, 0.2) is 0 Å². The molecule has 0 aromatic rings. The average molecular weight is 393 g/mol. The van der Waals surface area contributed by atoms with Crippen molar-refractivity contribution in [3.05, 3.63) is 0 Å². The minimum absolute atomic E-state index is 0.182. The molecule has 4 nitrogen and oxygen atoms in total. The lowest BCUT2D eigenvalue weighted by atomic mass is 9.65. The molecule has 2 saturated heterocycles. The molecule has 0 aromatic carbocycles. The van der Waals surface area contributed by atoms with Gasteiger partial charge in [-0.25, -0.2) is 0 Å². The molecule has 4 rings (SSSR count). The third kappa shape index (κ3) is 3.77. The van der Waals surface area contributed by atoms with Crippen LogP contribution in [0.4, 0.5) is 0 Å². The zero-order chi connectivity index (χ0) is 19.6. The Hall–Kier alpha value is -0.710. The second kappa shape index (κ2) is 6.67. The number of carbonyl (C=O) groups excluding carboxylic acids is 2. The fraction of sp³-hybridized carbons (Fsp3) is 0.909. The van der Waals surface area contributed by atoms with E-state index in [1.165, 1.54) is 6.42 Å². The van der Waals surface area contributed by atoms with Gasteiger partial charge in [0.25, 0.3) is 0 Å². The summed E-state index contributed by atoms with van der Waals surface area (Å²) in [5.74, 6) is 1.98. The first-order valence-electron chi connectivity index (χ1n) is 10.8. The highest BCUT2D eigenvalue weighted by atomic mass is 32.2. The number of fused-ring (bicyclic) bond motifs is 2. The summed E-state index contributed by atoms with van der Waals surface area (Å²) in [7, 11) is 0. The Morgan fingerprint density at radius 1 is 1.11 bits per heavy atom. The van der Waals surface area contributed by atoms with Crippen molar-refractivity contribution in [1.82, 2.24) is 9.80 Å². The lowest BCUT2D eigenvalue weighted by Crippen LogP contribution is -2.53. The number of likely N-dealkylation sites (tertiary alicyclic amines) is 1. The Morgan fingerprint density at radius 3 is 2.44 bits per heavy atom. The van der Waals surface area contributed by atoms with Crippen LogP contribution >= 0.6 is 11.8 Å². The van der Waals surface area contributed by atoms with E-state index >= 15 is 0 Å². The van der Waals surface area contributed by atoms with E-state index in [1.54, 1.807) is 0 Å². The van der Waals surface area contributed by atoms with Gasteiger partial charge in [-0.15, -0.1) is 11.8 Å². The first-order chi connectivity index (χ1) is 12.6. The molecule has 2 aliphatic heterocycles. The van der Waals surface area contributed by atoms with Crippen LogP contribution < -0.4 is 0 Å². The van der Waals surface area contributed by atoms with Crippen molar-refractivity contribution in [3.8, 4) is 0 Å². The highest BCUT2D eigenvalue weighted by Crippen LogP contribution is 2.53. The van der Waals surface area contributed by atoms with Crippen LogP contribution in [0.3, 0.4) is 0 Å². The normalized spacial score (nSPS) is 37.9. The van der Waals surface area contributed by atoms with Gasteiger partial charge < -0.3 is 9.80 Å². The highest BCUT2D eigenvalue weighted by molar-refractivity contribution is 8.00. The molecular weight excluding hydrogens is 356 g/mol. The third-order valence-corrected chi connectivity index (χ3v) is 8.24. The average Bonchev–Trinajstić information content (AvgIpc) is 3.25. The van der Waals surface area contributed by atoms with E-state index < -0.39 is 0 Å². The molecule has 4 aliphatic rings. The van der Waals surface area contributed by atoms with Gasteiger partial charge in [-0.3, -0.25) is 9.59 Å². The van der Waals surface area contributed by atoms with Crippen molar-refractivity contribution >= 4 is 23.6 Å². The van der Waals surface area contributed by atoms with Gasteiger partial charge in [-0.1, -0.05) is 34.6 Å². The van der Waals surface area contributed by atoms with E-state index in [2.05, 4.69) is 39.5 Å². The maximum Gasteiger partial charge on any atom is 0.246 e. The van der Waals surface area contributed by atoms with Crippen molar-refractivity contribution < 1.29 is 9.59 Å². The predicted octanol–water partition coefficient (Wildman–Crippen LogP) is 4.14. The Balaban J connectivity index is 1.54. The van der Waals surface area contributed by atoms with Crippen molar-refractivity contribution in [2.75, 3.05) is 12.3 Å². The van der Waals surface area contributed by atoms with Crippen molar-refractivity contribution in [3.63, 3.8) is 0 Å². The van der Waals surface area contributed by atoms with Gasteiger partial charge in [-0.2, -0.15) is 0 Å². The van der Waals surface area contributed by atoms with Gasteiger partial charge in [0.15, 0.2) is 0 Å². The zero-order valence-electron chi connectivity index (χ0n) is 17.7. The number of amides is 2. The predicted molar refractivity (Wildman–Crippen MR) is 110 cm³/mol. The summed E-state index contributed by atoms with van der Waals surface area (Å²) in [5, 5.41) is 0.182. The fourth-order valence-electron chi connectivity index (χ4n) is 6.08. The summed E-state index contributed by atoms with van der Waals surface area (Å²) in [6, 6.07) is 0.121. The molecule has 2 aliphatic carbocycles. The fourth-order valence-corrected chi connectivity index (χ4v) is 7.72. The molecule has 4 unspecified atom stereocenters. The molecule has 2 heterocycles. The van der Waals surface area contributed by atoms with Gasteiger partial charge in [0.05, 0.1) is 5.37 Å². The van der Waals surface area contributed by atoms with Crippen LogP contribution in [0, 0.1) is 22.7 Å². The number of hydrogen-bond donors (Lipinski definition) is 0. The highest BCUT2D eigenvalue weighted by Gasteiger charge is 2.54. The molecule has 0 N–H and O–H groups in total. The molecule has 0 radical (unpaired) electrons. The van der Waals surface area contributed by atoms with E-state index in [4.69, 9.17) is 0 Å². The summed E-state index contributed by atoms with van der Waals surface area (Å²) in [6.45, 7) is 12.3. The molecule has 4 fully saturated rings. The number of rotatable bonds is 4. The van der Waals surface area contributed by atoms with Crippen LogP contribution in [-0.4, -0.2) is 51.4 Å². The van der Waals surface area contributed by atoms with Gasteiger partial charge in [0.1, 0.15) is 6.04 Å². The van der Waals surface area contributed by atoms with Crippen molar-refractivity contribution in [2.45, 2.75) is 90.6 Å². The first kappa shape index (κ1) is 19.6. The zero-order valence-corrected chi connectivity index (χ0v) is 18.5. The van der Waals surface area contributed by atoms with E-state index in [0.717, 1.165) is 44.4 Å². The summed E-state index contributed by atoms with van der Waals surface area (Å²) in [5.41, 5.74) is 0.553. The van der Waals surface area contributed by atoms with E-state index in [-0.39, 0.29) is 34.6 Å². The largest absolute Gasteiger partial charge is 0.337 e.